The molecule has 2 atom stereocenters. The van der Waals surface area contributed by atoms with Gasteiger partial charge in [-0.3, -0.25) is 14.4 Å². The van der Waals surface area contributed by atoms with E-state index >= 15 is 0 Å². The van der Waals surface area contributed by atoms with Gasteiger partial charge in [-0.1, -0.05) is 12.1 Å². The number of ketones is 3. The van der Waals surface area contributed by atoms with Crippen LogP contribution >= 0.6 is 0 Å². The average molecular weight is 615 g/mol. The van der Waals surface area contributed by atoms with Gasteiger partial charge in [0.05, 0.1) is 43.6 Å². The van der Waals surface area contributed by atoms with Crippen molar-refractivity contribution in [3.05, 3.63) is 51.6 Å². The molecule has 0 spiro atoms. The van der Waals surface area contributed by atoms with Gasteiger partial charge in [0.1, 0.15) is 23.2 Å². The van der Waals surface area contributed by atoms with E-state index in [2.05, 4.69) is 0 Å². The van der Waals surface area contributed by atoms with Gasteiger partial charge >= 0.3 is 18.5 Å². The molecule has 44 heavy (non-hydrogen) atoms. The minimum atomic E-state index is -2.23. The van der Waals surface area contributed by atoms with Gasteiger partial charge in [0.2, 0.25) is 5.78 Å². The summed E-state index contributed by atoms with van der Waals surface area (Å²) in [6.07, 6.45) is -6.59. The van der Waals surface area contributed by atoms with Crippen molar-refractivity contribution in [2.24, 2.45) is 0 Å². The minimum Gasteiger partial charge on any atom is -0.496 e. The summed E-state index contributed by atoms with van der Waals surface area (Å²) < 4.78 is 36.6. The first-order chi connectivity index (χ1) is 20.9. The van der Waals surface area contributed by atoms with Crippen molar-refractivity contribution in [3.8, 4) is 17.2 Å². The van der Waals surface area contributed by atoms with Crippen LogP contribution in [0.15, 0.2) is 18.2 Å². The van der Waals surface area contributed by atoms with Gasteiger partial charge in [-0.05, 0) is 33.8 Å². The molecule has 0 unspecified atom stereocenters. The highest BCUT2D eigenvalue weighted by Gasteiger charge is 2.50. The quantitative estimate of drug-likeness (QED) is 0.218. The Balaban J connectivity index is 2.16. The third-order valence-electron chi connectivity index (χ3n) is 7.09. The lowest BCUT2D eigenvalue weighted by Crippen LogP contribution is -2.45. The molecule has 0 saturated carbocycles. The van der Waals surface area contributed by atoms with E-state index in [1.165, 1.54) is 46.1 Å². The van der Waals surface area contributed by atoms with Crippen LogP contribution < -0.4 is 14.2 Å². The standard InChI is InChI=1S/C30H30O14/c1-6-39-27(34)42-18-13-30(37,14(4)31)12-16-20(18)26(44-29(36)41-8-3)22-21(25(16)43-28(35)40-7-2)23(32)15-10-9-11-17(38-5)19(15)24(22)33/h9-11,18,37H,6-8,12-13H2,1-5H3/t18-,30-/m0/s1. The number of rotatable bonds is 8. The predicted octanol–water partition coefficient (Wildman–Crippen LogP) is 4.02. The van der Waals surface area contributed by atoms with Gasteiger partial charge in [-0.25, -0.2) is 14.4 Å². The molecule has 0 aliphatic heterocycles. The summed E-state index contributed by atoms with van der Waals surface area (Å²) in [5.74, 6) is -3.59. The molecule has 0 radical (unpaired) electrons. The van der Waals surface area contributed by atoms with E-state index in [1.807, 2.05) is 0 Å². The summed E-state index contributed by atoms with van der Waals surface area (Å²) in [4.78, 5) is 79.1. The van der Waals surface area contributed by atoms with E-state index in [1.54, 1.807) is 0 Å². The Morgan fingerprint density at radius 1 is 0.841 bits per heavy atom. The van der Waals surface area contributed by atoms with Crippen LogP contribution in [0, 0.1) is 0 Å². The van der Waals surface area contributed by atoms with Gasteiger partial charge in [-0.15, -0.1) is 0 Å². The molecule has 14 nitrogen and oxygen atoms in total. The van der Waals surface area contributed by atoms with Crippen LogP contribution in [0.2, 0.25) is 0 Å². The second kappa shape index (κ2) is 12.7. The summed E-state index contributed by atoms with van der Waals surface area (Å²) in [6.45, 7) is 5.22. The molecule has 0 saturated heterocycles. The molecule has 1 N–H and O–H groups in total. The molecule has 2 aromatic carbocycles. The highest BCUT2D eigenvalue weighted by atomic mass is 16.7. The molecule has 0 amide bonds. The SMILES string of the molecule is CCOC(=O)Oc1c2c(c(OC(=O)OCC)c3c1C(=O)c1cccc(OC)c1C3=O)[C@@H](OC(=O)OCC)C[C@](O)(C(C)=O)C2. The monoisotopic (exact) mass is 614 g/mol. The van der Waals surface area contributed by atoms with Crippen molar-refractivity contribution in [3.63, 3.8) is 0 Å². The van der Waals surface area contributed by atoms with Crippen molar-refractivity contribution in [1.29, 1.82) is 0 Å². The number of hydrogen-bond donors (Lipinski definition) is 1. The molecule has 4 rings (SSSR count). The first-order valence-corrected chi connectivity index (χ1v) is 13.7. The van der Waals surface area contributed by atoms with Crippen molar-refractivity contribution in [2.75, 3.05) is 26.9 Å². The number of methoxy groups -OCH3 is 1. The Kier molecular flexibility index (Phi) is 9.23. The molecule has 14 heteroatoms. The fourth-order valence-corrected chi connectivity index (χ4v) is 5.20. The van der Waals surface area contributed by atoms with Crippen LogP contribution in [0.4, 0.5) is 14.4 Å². The lowest BCUT2D eigenvalue weighted by molar-refractivity contribution is -0.140. The predicted molar refractivity (Wildman–Crippen MR) is 146 cm³/mol. The van der Waals surface area contributed by atoms with Gasteiger partial charge in [0.25, 0.3) is 0 Å². The third kappa shape index (κ3) is 5.67. The zero-order valence-electron chi connectivity index (χ0n) is 24.6. The van der Waals surface area contributed by atoms with Crippen molar-refractivity contribution < 1.29 is 67.0 Å². The zero-order chi connectivity index (χ0) is 32.3. The third-order valence-corrected chi connectivity index (χ3v) is 7.09. The maximum atomic E-state index is 14.2. The first-order valence-electron chi connectivity index (χ1n) is 13.7. The van der Waals surface area contributed by atoms with Crippen LogP contribution in [0.3, 0.4) is 0 Å². The first kappa shape index (κ1) is 31.9. The molecule has 0 aromatic heterocycles. The molecular weight excluding hydrogens is 584 g/mol. The summed E-state index contributed by atoms with van der Waals surface area (Å²) in [5, 5.41) is 11.4. The highest BCUT2D eigenvalue weighted by Crippen LogP contribution is 2.53. The average Bonchev–Trinajstić information content (AvgIpc) is 2.96. The van der Waals surface area contributed by atoms with Gasteiger partial charge in [0.15, 0.2) is 17.3 Å². The van der Waals surface area contributed by atoms with Crippen LogP contribution in [0.5, 0.6) is 17.2 Å². The number of carbonyl (C=O) groups excluding carboxylic acids is 6. The lowest BCUT2D eigenvalue weighted by Gasteiger charge is -2.38. The van der Waals surface area contributed by atoms with Gasteiger partial charge in [-0.2, -0.15) is 0 Å². The zero-order valence-corrected chi connectivity index (χ0v) is 24.6. The highest BCUT2D eigenvalue weighted by molar-refractivity contribution is 6.31. The Bertz CT molecular complexity index is 1560. The van der Waals surface area contributed by atoms with E-state index in [9.17, 15) is 33.9 Å². The number of fused-ring (bicyclic) bond motifs is 3. The Labute approximate surface area is 251 Å². The number of aliphatic hydroxyl groups is 1. The summed E-state index contributed by atoms with van der Waals surface area (Å²) >= 11 is 0. The fourth-order valence-electron chi connectivity index (χ4n) is 5.20. The minimum absolute atomic E-state index is 0.0180. The number of benzene rings is 2. The second-order valence-corrected chi connectivity index (χ2v) is 9.67. The van der Waals surface area contributed by atoms with Gasteiger partial charge in [0, 0.05) is 29.5 Å². The summed E-state index contributed by atoms with van der Waals surface area (Å²) in [5.41, 5.74) is -4.07. The van der Waals surface area contributed by atoms with E-state index in [0.717, 1.165) is 6.92 Å². The number of hydrogen-bond acceptors (Lipinski definition) is 14. The Morgan fingerprint density at radius 2 is 1.41 bits per heavy atom. The molecular formula is C30H30O14. The van der Waals surface area contributed by atoms with Crippen molar-refractivity contribution >= 4 is 35.8 Å². The molecule has 2 aromatic rings. The molecule has 0 heterocycles. The molecule has 0 fully saturated rings. The van der Waals surface area contributed by atoms with E-state index in [0.29, 0.717) is 0 Å². The maximum Gasteiger partial charge on any atom is 0.513 e. The lowest BCUT2D eigenvalue weighted by atomic mass is 9.72. The van der Waals surface area contributed by atoms with Crippen molar-refractivity contribution in [2.45, 2.75) is 52.2 Å². The van der Waals surface area contributed by atoms with Crippen molar-refractivity contribution in [1.82, 2.24) is 0 Å². The van der Waals surface area contributed by atoms with E-state index in [-0.39, 0.29) is 47.8 Å². The summed E-state index contributed by atoms with van der Waals surface area (Å²) in [6, 6.07) is 4.25. The van der Waals surface area contributed by atoms with Crippen LogP contribution in [0.25, 0.3) is 0 Å². The molecule has 234 valence electrons. The normalized spacial score (nSPS) is 18.2. The number of ether oxygens (including phenoxy) is 7. The molecule has 0 bridgehead atoms. The van der Waals surface area contributed by atoms with Gasteiger partial charge < -0.3 is 38.3 Å². The maximum absolute atomic E-state index is 14.2. The Morgan fingerprint density at radius 3 is 1.98 bits per heavy atom. The van der Waals surface area contributed by atoms with E-state index < -0.39 is 83.0 Å². The summed E-state index contributed by atoms with van der Waals surface area (Å²) in [7, 11) is 1.28. The van der Waals surface area contributed by atoms with Crippen LogP contribution in [-0.2, 0) is 30.2 Å². The van der Waals surface area contributed by atoms with Crippen LogP contribution in [0.1, 0.15) is 83.2 Å². The van der Waals surface area contributed by atoms with E-state index in [4.69, 9.17) is 33.2 Å². The number of carbonyl (C=O) groups is 6. The fraction of sp³-hybridized carbons (Fsp3) is 0.400. The topological polar surface area (TPSA) is 187 Å². The largest absolute Gasteiger partial charge is 0.513 e. The second-order valence-electron chi connectivity index (χ2n) is 9.67. The number of Topliss-reactive ketones (excluding diaryl/α,β-unsaturated/α-hetero) is 1. The Hall–Kier alpha value is -4.98. The van der Waals surface area contributed by atoms with Crippen LogP contribution in [-0.4, -0.2) is 73.5 Å². The smallest absolute Gasteiger partial charge is 0.496 e. The molecule has 2 aliphatic rings. The molecule has 2 aliphatic carbocycles.